The number of phenolic OH excluding ortho intramolecular Hbond substituents is 1. The van der Waals surface area contributed by atoms with Gasteiger partial charge < -0.3 is 10.0 Å². The Kier molecular flexibility index (Phi) is 6.42. The summed E-state index contributed by atoms with van der Waals surface area (Å²) in [5.41, 5.74) is 2.84. The van der Waals surface area contributed by atoms with Gasteiger partial charge in [-0.15, -0.1) is 0 Å². The molecule has 3 nitrogen and oxygen atoms in total. The zero-order chi connectivity index (χ0) is 19.5. The van der Waals surface area contributed by atoms with Crippen molar-refractivity contribution in [1.82, 2.24) is 4.90 Å². The Morgan fingerprint density at radius 1 is 0.923 bits per heavy atom. The summed E-state index contributed by atoms with van der Waals surface area (Å²) in [5.74, 6) is 0.683. The number of carbonyl (C=O) groups is 1. The summed E-state index contributed by atoms with van der Waals surface area (Å²) in [5, 5.41) is 10.8. The number of carbonyl (C=O) groups excluding carboxylic acids is 1. The summed E-state index contributed by atoms with van der Waals surface area (Å²) in [6.45, 7) is 14.6. The molecule has 1 heterocycles. The number of hydrogen-bond donors (Lipinski definition) is 1. The molecule has 0 radical (unpaired) electrons. The lowest BCUT2D eigenvalue weighted by molar-refractivity contribution is -0.131. The van der Waals surface area contributed by atoms with E-state index in [-0.39, 0.29) is 16.7 Å². The first-order valence-electron chi connectivity index (χ1n) is 10.1. The van der Waals surface area contributed by atoms with Gasteiger partial charge in [0, 0.05) is 19.5 Å². The van der Waals surface area contributed by atoms with E-state index < -0.39 is 0 Å². The van der Waals surface area contributed by atoms with Gasteiger partial charge in [0.05, 0.1) is 0 Å². The van der Waals surface area contributed by atoms with Gasteiger partial charge in [-0.05, 0) is 46.8 Å². The van der Waals surface area contributed by atoms with Crippen molar-refractivity contribution < 1.29 is 9.90 Å². The van der Waals surface area contributed by atoms with Crippen LogP contribution in [0.3, 0.4) is 0 Å². The highest BCUT2D eigenvalue weighted by atomic mass is 16.3. The molecule has 2 rings (SSSR count). The van der Waals surface area contributed by atoms with Gasteiger partial charge in [-0.3, -0.25) is 4.79 Å². The number of nitrogens with zero attached hydrogens (tertiary/aromatic N) is 1. The predicted octanol–water partition coefficient (Wildman–Crippen LogP) is 5.32. The van der Waals surface area contributed by atoms with Crippen molar-refractivity contribution in [2.45, 2.75) is 90.9 Å². The molecule has 0 unspecified atom stereocenters. The van der Waals surface area contributed by atoms with Gasteiger partial charge in [-0.2, -0.15) is 0 Å². The summed E-state index contributed by atoms with van der Waals surface area (Å²) in [6.07, 6.45) is 6.04. The van der Waals surface area contributed by atoms with Crippen LogP contribution in [0.4, 0.5) is 0 Å². The van der Waals surface area contributed by atoms with Crippen LogP contribution in [0.5, 0.6) is 5.75 Å². The first-order chi connectivity index (χ1) is 12.0. The molecular formula is C23H37NO2. The average Bonchev–Trinajstić information content (AvgIpc) is 2.80. The van der Waals surface area contributed by atoms with Crippen molar-refractivity contribution in [1.29, 1.82) is 0 Å². The van der Waals surface area contributed by atoms with E-state index in [1.165, 1.54) is 12.8 Å². The summed E-state index contributed by atoms with van der Waals surface area (Å²) >= 11 is 0. The second kappa shape index (κ2) is 8.02. The van der Waals surface area contributed by atoms with Crippen molar-refractivity contribution in [2.75, 3.05) is 13.1 Å². The van der Waals surface area contributed by atoms with Crippen molar-refractivity contribution in [2.24, 2.45) is 0 Å². The van der Waals surface area contributed by atoms with E-state index in [1.54, 1.807) is 0 Å². The van der Waals surface area contributed by atoms with E-state index in [0.717, 1.165) is 49.0 Å². The molecule has 1 N–H and O–H groups in total. The molecule has 1 aliphatic rings. The Morgan fingerprint density at radius 2 is 1.38 bits per heavy atom. The van der Waals surface area contributed by atoms with Crippen LogP contribution >= 0.6 is 0 Å². The zero-order valence-electron chi connectivity index (χ0n) is 17.6. The minimum Gasteiger partial charge on any atom is -0.507 e. The number of benzene rings is 1. The van der Waals surface area contributed by atoms with Crippen LogP contribution in [-0.4, -0.2) is 29.0 Å². The van der Waals surface area contributed by atoms with E-state index in [1.807, 2.05) is 4.90 Å². The molecule has 1 aliphatic heterocycles. The smallest absolute Gasteiger partial charge is 0.222 e. The Labute approximate surface area is 159 Å². The lowest BCUT2D eigenvalue weighted by Gasteiger charge is -2.28. The minimum absolute atomic E-state index is 0.130. The Morgan fingerprint density at radius 3 is 1.81 bits per heavy atom. The van der Waals surface area contributed by atoms with E-state index in [2.05, 4.69) is 53.7 Å². The molecule has 3 heteroatoms. The first kappa shape index (κ1) is 20.8. The highest BCUT2D eigenvalue weighted by Crippen LogP contribution is 2.40. The van der Waals surface area contributed by atoms with Gasteiger partial charge in [0.1, 0.15) is 5.75 Å². The van der Waals surface area contributed by atoms with Gasteiger partial charge in [0.2, 0.25) is 5.91 Å². The quantitative estimate of drug-likeness (QED) is 0.793. The number of phenols is 1. The molecule has 0 bridgehead atoms. The van der Waals surface area contributed by atoms with E-state index in [4.69, 9.17) is 0 Å². The number of rotatable bonds is 3. The predicted molar refractivity (Wildman–Crippen MR) is 109 cm³/mol. The van der Waals surface area contributed by atoms with Crippen LogP contribution in [0.1, 0.15) is 90.3 Å². The topological polar surface area (TPSA) is 40.5 Å². The molecule has 1 amide bonds. The molecule has 0 atom stereocenters. The number of likely N-dealkylation sites (tertiary alicyclic amines) is 1. The molecule has 1 saturated heterocycles. The third kappa shape index (κ3) is 5.25. The van der Waals surface area contributed by atoms with E-state index in [0.29, 0.717) is 12.2 Å². The molecule has 0 aromatic heterocycles. The molecule has 146 valence electrons. The highest BCUT2D eigenvalue weighted by molar-refractivity contribution is 5.76. The standard InChI is InChI=1S/C23H37NO2/c1-22(2,3)18-15-17(16-19(21(18)26)23(4,5)6)11-12-20(25)24-13-9-7-8-10-14-24/h15-16,26H,7-14H2,1-6H3. The van der Waals surface area contributed by atoms with E-state index >= 15 is 0 Å². The highest BCUT2D eigenvalue weighted by Gasteiger charge is 2.26. The second-order valence-corrected chi connectivity index (χ2v) is 9.83. The monoisotopic (exact) mass is 359 g/mol. The van der Waals surface area contributed by atoms with Gasteiger partial charge in [0.15, 0.2) is 0 Å². The van der Waals surface area contributed by atoms with Crippen LogP contribution in [0.15, 0.2) is 12.1 Å². The molecule has 0 saturated carbocycles. The summed E-state index contributed by atoms with van der Waals surface area (Å²) in [6, 6.07) is 4.19. The largest absolute Gasteiger partial charge is 0.507 e. The fraction of sp³-hybridized carbons (Fsp3) is 0.696. The zero-order valence-corrected chi connectivity index (χ0v) is 17.6. The van der Waals surface area contributed by atoms with Crippen molar-refractivity contribution in [3.8, 4) is 5.75 Å². The molecule has 0 aliphatic carbocycles. The fourth-order valence-electron chi connectivity index (χ4n) is 3.71. The van der Waals surface area contributed by atoms with Gasteiger partial charge >= 0.3 is 0 Å². The molecule has 26 heavy (non-hydrogen) atoms. The third-order valence-electron chi connectivity index (χ3n) is 5.37. The maximum absolute atomic E-state index is 12.6. The molecule has 1 fully saturated rings. The SMILES string of the molecule is CC(C)(C)c1cc(CCC(=O)N2CCCCCC2)cc(C(C)(C)C)c1O. The van der Waals surface area contributed by atoms with Gasteiger partial charge in [-0.25, -0.2) is 0 Å². The van der Waals surface area contributed by atoms with Crippen LogP contribution < -0.4 is 0 Å². The Balaban J connectivity index is 2.21. The number of amides is 1. The second-order valence-electron chi connectivity index (χ2n) is 9.83. The number of hydrogen-bond acceptors (Lipinski definition) is 2. The lowest BCUT2D eigenvalue weighted by atomic mass is 9.78. The molecular weight excluding hydrogens is 322 g/mol. The maximum atomic E-state index is 12.6. The Bertz CT molecular complexity index is 592. The molecule has 1 aromatic carbocycles. The van der Waals surface area contributed by atoms with Gasteiger partial charge in [0.25, 0.3) is 0 Å². The van der Waals surface area contributed by atoms with Crippen LogP contribution in [-0.2, 0) is 22.0 Å². The summed E-state index contributed by atoms with van der Waals surface area (Å²) in [7, 11) is 0. The molecule has 0 spiro atoms. The van der Waals surface area contributed by atoms with Crippen LogP contribution in [0, 0.1) is 0 Å². The number of aromatic hydroxyl groups is 1. The van der Waals surface area contributed by atoms with Crippen molar-refractivity contribution in [3.63, 3.8) is 0 Å². The summed E-state index contributed by atoms with van der Waals surface area (Å²) < 4.78 is 0. The third-order valence-corrected chi connectivity index (χ3v) is 5.37. The first-order valence-corrected chi connectivity index (χ1v) is 10.1. The summed E-state index contributed by atoms with van der Waals surface area (Å²) in [4.78, 5) is 14.7. The minimum atomic E-state index is -0.130. The van der Waals surface area contributed by atoms with Crippen LogP contribution in [0.25, 0.3) is 0 Å². The lowest BCUT2D eigenvalue weighted by Crippen LogP contribution is -2.32. The maximum Gasteiger partial charge on any atom is 0.222 e. The average molecular weight is 360 g/mol. The van der Waals surface area contributed by atoms with Crippen LogP contribution in [0.2, 0.25) is 0 Å². The van der Waals surface area contributed by atoms with Crippen molar-refractivity contribution >= 4 is 5.91 Å². The van der Waals surface area contributed by atoms with E-state index in [9.17, 15) is 9.90 Å². The van der Waals surface area contributed by atoms with Gasteiger partial charge in [-0.1, -0.05) is 66.5 Å². The number of aryl methyl sites for hydroxylation is 1. The van der Waals surface area contributed by atoms with Crippen molar-refractivity contribution in [3.05, 3.63) is 28.8 Å². The molecule has 1 aromatic rings. The Hall–Kier alpha value is -1.51. The normalized spacial score (nSPS) is 16.5. The fourth-order valence-corrected chi connectivity index (χ4v) is 3.71.